The van der Waals surface area contributed by atoms with Crippen molar-refractivity contribution in [3.8, 4) is 0 Å². The first-order chi connectivity index (χ1) is 10.1. The molecule has 1 aromatic carbocycles. The van der Waals surface area contributed by atoms with Crippen LogP contribution < -0.4 is 10.6 Å². The largest absolute Gasteiger partial charge is 0.325 e. The molecule has 0 radical (unpaired) electrons. The maximum absolute atomic E-state index is 11.5. The van der Waals surface area contributed by atoms with E-state index < -0.39 is 0 Å². The average Bonchev–Trinajstić information content (AvgIpc) is 2.82. The lowest BCUT2D eigenvalue weighted by molar-refractivity contribution is -0.115. The van der Waals surface area contributed by atoms with Crippen LogP contribution in [0.4, 0.5) is 5.69 Å². The third kappa shape index (κ3) is 3.58. The molecule has 2 N–H and O–H groups in total. The average molecular weight is 309 g/mol. The quantitative estimate of drug-likeness (QED) is 0.788. The molecule has 1 amide bonds. The van der Waals surface area contributed by atoms with Gasteiger partial charge in [-0.3, -0.25) is 4.79 Å². The maximum atomic E-state index is 11.5. The van der Waals surface area contributed by atoms with Crippen LogP contribution in [0.25, 0.3) is 0 Å². The number of rotatable bonds is 7. The molecular formula is C17H25ClN2O. The Kier molecular flexibility index (Phi) is 5.65. The molecular weight excluding hydrogens is 284 g/mol. The Morgan fingerprint density at radius 3 is 2.62 bits per heavy atom. The number of nitrogens with one attached hydrogen (secondary N) is 2. The molecule has 116 valence electrons. The Hall–Kier alpha value is -1.06. The van der Waals surface area contributed by atoms with Gasteiger partial charge in [0.2, 0.25) is 5.91 Å². The Bertz CT molecular complexity index is 512. The fourth-order valence-corrected chi connectivity index (χ4v) is 3.38. The lowest BCUT2D eigenvalue weighted by Crippen LogP contribution is -2.29. The summed E-state index contributed by atoms with van der Waals surface area (Å²) in [6.07, 6.45) is 3.78. The molecule has 0 spiro atoms. The number of carbonyl (C=O) groups is 1. The van der Waals surface area contributed by atoms with Gasteiger partial charge in [-0.05, 0) is 36.1 Å². The zero-order valence-electron chi connectivity index (χ0n) is 13.1. The number of amides is 1. The van der Waals surface area contributed by atoms with E-state index in [1.807, 2.05) is 6.07 Å². The van der Waals surface area contributed by atoms with Crippen LogP contribution in [0.1, 0.15) is 57.2 Å². The first-order valence-electron chi connectivity index (χ1n) is 7.96. The van der Waals surface area contributed by atoms with Gasteiger partial charge < -0.3 is 10.6 Å². The minimum atomic E-state index is 0.0545. The van der Waals surface area contributed by atoms with E-state index in [9.17, 15) is 4.79 Å². The molecule has 0 aliphatic carbocycles. The predicted octanol–water partition coefficient (Wildman–Crippen LogP) is 4.31. The molecule has 0 fully saturated rings. The SMILES string of the molecule is CCCNC(c1cc2c(cc1Cl)NC(=O)C2)C(CC)CC. The Morgan fingerprint density at radius 2 is 2.00 bits per heavy atom. The second kappa shape index (κ2) is 7.28. The lowest BCUT2D eigenvalue weighted by Gasteiger charge is -2.28. The highest BCUT2D eigenvalue weighted by Crippen LogP contribution is 2.37. The first-order valence-corrected chi connectivity index (χ1v) is 8.33. The van der Waals surface area contributed by atoms with Crippen molar-refractivity contribution in [2.24, 2.45) is 5.92 Å². The van der Waals surface area contributed by atoms with E-state index in [0.29, 0.717) is 12.3 Å². The Labute approximate surface area is 132 Å². The molecule has 0 aromatic heterocycles. The van der Waals surface area contributed by atoms with Crippen LogP contribution in [0.5, 0.6) is 0 Å². The van der Waals surface area contributed by atoms with E-state index in [0.717, 1.165) is 47.6 Å². The standard InChI is InChI=1S/C17H25ClN2O/c1-4-7-19-17(11(5-2)6-3)13-8-12-9-16(21)20-15(12)10-14(13)18/h8,10-11,17,19H,4-7,9H2,1-3H3,(H,20,21). The van der Waals surface area contributed by atoms with Crippen molar-refractivity contribution in [3.63, 3.8) is 0 Å². The monoisotopic (exact) mass is 308 g/mol. The number of carbonyl (C=O) groups excluding carboxylic acids is 1. The predicted molar refractivity (Wildman–Crippen MR) is 88.9 cm³/mol. The van der Waals surface area contributed by atoms with Crippen LogP contribution in [0.2, 0.25) is 5.02 Å². The number of hydrogen-bond donors (Lipinski definition) is 2. The van der Waals surface area contributed by atoms with Crippen molar-refractivity contribution in [2.45, 2.75) is 52.5 Å². The van der Waals surface area contributed by atoms with E-state index in [1.54, 1.807) is 0 Å². The van der Waals surface area contributed by atoms with Gasteiger partial charge >= 0.3 is 0 Å². The highest BCUT2D eigenvalue weighted by Gasteiger charge is 2.26. The van der Waals surface area contributed by atoms with Gasteiger partial charge in [0.05, 0.1) is 6.42 Å². The zero-order chi connectivity index (χ0) is 15.4. The third-order valence-electron chi connectivity index (χ3n) is 4.32. The summed E-state index contributed by atoms with van der Waals surface area (Å²) in [7, 11) is 0. The first kappa shape index (κ1) is 16.3. The second-order valence-electron chi connectivity index (χ2n) is 5.76. The molecule has 1 aliphatic heterocycles. The summed E-state index contributed by atoms with van der Waals surface area (Å²) < 4.78 is 0. The van der Waals surface area contributed by atoms with Gasteiger partial charge in [0.15, 0.2) is 0 Å². The van der Waals surface area contributed by atoms with Gasteiger partial charge in [-0.15, -0.1) is 0 Å². The summed E-state index contributed by atoms with van der Waals surface area (Å²) in [5, 5.41) is 7.25. The number of halogens is 1. The van der Waals surface area contributed by atoms with E-state index in [4.69, 9.17) is 11.6 Å². The Balaban J connectivity index is 2.35. The highest BCUT2D eigenvalue weighted by molar-refractivity contribution is 6.32. The van der Waals surface area contributed by atoms with E-state index in [2.05, 4.69) is 37.5 Å². The topological polar surface area (TPSA) is 41.1 Å². The molecule has 1 heterocycles. The normalized spacial score (nSPS) is 15.2. The van der Waals surface area contributed by atoms with Crippen molar-refractivity contribution in [2.75, 3.05) is 11.9 Å². The lowest BCUT2D eigenvalue weighted by atomic mass is 9.87. The number of fused-ring (bicyclic) bond motifs is 1. The van der Waals surface area contributed by atoms with Crippen LogP contribution >= 0.6 is 11.6 Å². The summed E-state index contributed by atoms with van der Waals surface area (Å²) in [4.78, 5) is 11.5. The second-order valence-corrected chi connectivity index (χ2v) is 6.17. The molecule has 1 atom stereocenters. The summed E-state index contributed by atoms with van der Waals surface area (Å²) in [6.45, 7) is 7.60. The molecule has 1 unspecified atom stereocenters. The molecule has 4 heteroatoms. The smallest absolute Gasteiger partial charge is 0.228 e. The highest BCUT2D eigenvalue weighted by atomic mass is 35.5. The van der Waals surface area contributed by atoms with Crippen molar-refractivity contribution in [3.05, 3.63) is 28.3 Å². The van der Waals surface area contributed by atoms with Crippen molar-refractivity contribution < 1.29 is 4.79 Å². The van der Waals surface area contributed by atoms with Gasteiger partial charge in [-0.2, -0.15) is 0 Å². The maximum Gasteiger partial charge on any atom is 0.228 e. The molecule has 0 saturated heterocycles. The molecule has 21 heavy (non-hydrogen) atoms. The van der Waals surface area contributed by atoms with Gasteiger partial charge in [0, 0.05) is 16.8 Å². The molecule has 1 aromatic rings. The van der Waals surface area contributed by atoms with Crippen LogP contribution in [-0.2, 0) is 11.2 Å². The molecule has 2 rings (SSSR count). The van der Waals surface area contributed by atoms with E-state index in [-0.39, 0.29) is 11.9 Å². The van der Waals surface area contributed by atoms with Crippen molar-refractivity contribution in [1.82, 2.24) is 5.32 Å². The van der Waals surface area contributed by atoms with Gasteiger partial charge in [-0.25, -0.2) is 0 Å². The zero-order valence-corrected chi connectivity index (χ0v) is 13.9. The molecule has 0 bridgehead atoms. The van der Waals surface area contributed by atoms with Crippen LogP contribution in [0.15, 0.2) is 12.1 Å². The number of hydrogen-bond acceptors (Lipinski definition) is 2. The fraction of sp³-hybridized carbons (Fsp3) is 0.588. The van der Waals surface area contributed by atoms with Crippen LogP contribution in [0, 0.1) is 5.92 Å². The summed E-state index contributed by atoms with van der Waals surface area (Å²) in [5.41, 5.74) is 3.07. The van der Waals surface area contributed by atoms with Crippen molar-refractivity contribution >= 4 is 23.2 Å². The Morgan fingerprint density at radius 1 is 1.29 bits per heavy atom. The minimum absolute atomic E-state index is 0.0545. The van der Waals surface area contributed by atoms with E-state index >= 15 is 0 Å². The molecule has 3 nitrogen and oxygen atoms in total. The van der Waals surface area contributed by atoms with Crippen LogP contribution in [0.3, 0.4) is 0 Å². The van der Waals surface area contributed by atoms with Gasteiger partial charge in [0.1, 0.15) is 0 Å². The number of benzene rings is 1. The van der Waals surface area contributed by atoms with Gasteiger partial charge in [0.25, 0.3) is 0 Å². The number of anilines is 1. The summed E-state index contributed by atoms with van der Waals surface area (Å²) >= 11 is 6.50. The van der Waals surface area contributed by atoms with Crippen molar-refractivity contribution in [1.29, 1.82) is 0 Å². The molecule has 1 aliphatic rings. The summed E-state index contributed by atoms with van der Waals surface area (Å²) in [5.74, 6) is 0.607. The minimum Gasteiger partial charge on any atom is -0.325 e. The summed E-state index contributed by atoms with van der Waals surface area (Å²) in [6, 6.07) is 4.27. The van der Waals surface area contributed by atoms with Crippen LogP contribution in [-0.4, -0.2) is 12.5 Å². The third-order valence-corrected chi connectivity index (χ3v) is 4.64. The van der Waals surface area contributed by atoms with E-state index in [1.165, 1.54) is 0 Å². The molecule has 0 saturated carbocycles. The van der Waals surface area contributed by atoms with Gasteiger partial charge in [-0.1, -0.05) is 51.3 Å². The fourth-order valence-electron chi connectivity index (χ4n) is 3.10.